The van der Waals surface area contributed by atoms with E-state index in [1.807, 2.05) is 30.3 Å². The summed E-state index contributed by atoms with van der Waals surface area (Å²) in [5, 5.41) is 23.8. The summed E-state index contributed by atoms with van der Waals surface area (Å²) in [5.74, 6) is 0. The van der Waals surface area contributed by atoms with Gasteiger partial charge >= 0.3 is 0 Å². The van der Waals surface area contributed by atoms with Gasteiger partial charge in [-0.15, -0.1) is 0 Å². The number of nitrogens with one attached hydrogen (secondary N) is 1. The highest BCUT2D eigenvalue weighted by molar-refractivity contribution is 6.30. The van der Waals surface area contributed by atoms with Crippen LogP contribution >= 0.6 is 11.6 Å². The first-order chi connectivity index (χ1) is 10.1. The molecule has 0 bridgehead atoms. The van der Waals surface area contributed by atoms with Crippen molar-refractivity contribution in [3.8, 4) is 0 Å². The molecule has 0 aromatic heterocycles. The van der Waals surface area contributed by atoms with Crippen LogP contribution in [0.3, 0.4) is 0 Å². The SMILES string of the molecule is O=[N+]([O-])c1cc(Cl)ccc1NC(CO)Cc1ccccc1. The molecule has 0 amide bonds. The first-order valence-electron chi connectivity index (χ1n) is 6.45. The highest BCUT2D eigenvalue weighted by Crippen LogP contribution is 2.28. The number of anilines is 1. The largest absolute Gasteiger partial charge is 0.394 e. The quantitative estimate of drug-likeness (QED) is 0.634. The first-order valence-corrected chi connectivity index (χ1v) is 6.83. The summed E-state index contributed by atoms with van der Waals surface area (Å²) in [4.78, 5) is 10.6. The van der Waals surface area contributed by atoms with Gasteiger partial charge in [0.15, 0.2) is 0 Å². The number of hydrogen-bond acceptors (Lipinski definition) is 4. The molecular formula is C15H15ClN2O3. The standard InChI is InChI=1S/C15H15ClN2O3/c16-12-6-7-14(15(9-12)18(20)21)17-13(10-19)8-11-4-2-1-3-5-11/h1-7,9,13,17,19H,8,10H2. The second kappa shape index (κ2) is 7.06. The zero-order chi connectivity index (χ0) is 15.2. The van der Waals surface area contributed by atoms with Gasteiger partial charge in [0.1, 0.15) is 5.69 Å². The molecule has 5 nitrogen and oxygen atoms in total. The highest BCUT2D eigenvalue weighted by atomic mass is 35.5. The number of nitrogens with zero attached hydrogens (tertiary/aromatic N) is 1. The van der Waals surface area contributed by atoms with Crippen LogP contribution in [0.2, 0.25) is 5.02 Å². The smallest absolute Gasteiger partial charge is 0.293 e. The lowest BCUT2D eigenvalue weighted by Crippen LogP contribution is -2.26. The van der Waals surface area contributed by atoms with Crippen LogP contribution in [0.15, 0.2) is 48.5 Å². The fraction of sp³-hybridized carbons (Fsp3) is 0.200. The van der Waals surface area contributed by atoms with E-state index in [1.165, 1.54) is 6.07 Å². The summed E-state index contributed by atoms with van der Waals surface area (Å²) in [6.07, 6.45) is 0.567. The van der Waals surface area contributed by atoms with E-state index >= 15 is 0 Å². The molecule has 21 heavy (non-hydrogen) atoms. The molecule has 110 valence electrons. The molecule has 2 rings (SSSR count). The number of halogens is 1. The van der Waals surface area contributed by atoms with Gasteiger partial charge in [0.05, 0.1) is 17.6 Å². The van der Waals surface area contributed by atoms with E-state index in [2.05, 4.69) is 5.32 Å². The van der Waals surface area contributed by atoms with Gasteiger partial charge in [-0.05, 0) is 24.1 Å². The lowest BCUT2D eigenvalue weighted by atomic mass is 10.1. The predicted octanol–water partition coefficient (Wildman–Crippen LogP) is 3.26. The van der Waals surface area contributed by atoms with E-state index in [4.69, 9.17) is 11.6 Å². The van der Waals surface area contributed by atoms with E-state index in [1.54, 1.807) is 12.1 Å². The van der Waals surface area contributed by atoms with Gasteiger partial charge in [0.2, 0.25) is 0 Å². The van der Waals surface area contributed by atoms with E-state index in [0.29, 0.717) is 17.1 Å². The average molecular weight is 307 g/mol. The molecule has 0 radical (unpaired) electrons. The molecule has 0 aliphatic carbocycles. The summed E-state index contributed by atoms with van der Waals surface area (Å²) in [6, 6.07) is 13.7. The van der Waals surface area contributed by atoms with Crippen molar-refractivity contribution in [2.24, 2.45) is 0 Å². The van der Waals surface area contributed by atoms with Crippen molar-refractivity contribution in [2.45, 2.75) is 12.5 Å². The molecule has 0 fully saturated rings. The van der Waals surface area contributed by atoms with E-state index < -0.39 is 4.92 Å². The Morgan fingerprint density at radius 2 is 1.95 bits per heavy atom. The van der Waals surface area contributed by atoms with Crippen molar-refractivity contribution in [1.29, 1.82) is 0 Å². The number of rotatable bonds is 6. The average Bonchev–Trinajstić information content (AvgIpc) is 2.49. The van der Waals surface area contributed by atoms with Gasteiger partial charge in [-0.1, -0.05) is 41.9 Å². The minimum atomic E-state index is -0.495. The fourth-order valence-electron chi connectivity index (χ4n) is 2.06. The third-order valence-corrected chi connectivity index (χ3v) is 3.30. The Hall–Kier alpha value is -2.11. The minimum Gasteiger partial charge on any atom is -0.394 e. The Morgan fingerprint density at radius 1 is 1.24 bits per heavy atom. The predicted molar refractivity (Wildman–Crippen MR) is 82.7 cm³/mol. The molecular weight excluding hydrogens is 292 g/mol. The Labute approximate surface area is 127 Å². The Morgan fingerprint density at radius 3 is 2.57 bits per heavy atom. The number of hydrogen-bond donors (Lipinski definition) is 2. The van der Waals surface area contributed by atoms with Crippen molar-refractivity contribution in [2.75, 3.05) is 11.9 Å². The van der Waals surface area contributed by atoms with Crippen LogP contribution in [-0.4, -0.2) is 22.7 Å². The van der Waals surface area contributed by atoms with Crippen LogP contribution < -0.4 is 5.32 Å². The molecule has 6 heteroatoms. The van der Waals surface area contributed by atoms with Crippen LogP contribution in [-0.2, 0) is 6.42 Å². The third-order valence-electron chi connectivity index (χ3n) is 3.06. The normalized spacial score (nSPS) is 11.9. The molecule has 2 N–H and O–H groups in total. The Bertz CT molecular complexity index is 620. The van der Waals surface area contributed by atoms with Crippen LogP contribution in [0, 0.1) is 10.1 Å². The molecule has 0 spiro atoms. The summed E-state index contributed by atoms with van der Waals surface area (Å²) >= 11 is 5.78. The van der Waals surface area contributed by atoms with Crippen LogP contribution in [0.4, 0.5) is 11.4 Å². The van der Waals surface area contributed by atoms with E-state index in [0.717, 1.165) is 5.56 Å². The van der Waals surface area contributed by atoms with Gasteiger partial charge in [-0.3, -0.25) is 10.1 Å². The molecule has 0 saturated carbocycles. The minimum absolute atomic E-state index is 0.103. The summed E-state index contributed by atoms with van der Waals surface area (Å²) in [7, 11) is 0. The summed E-state index contributed by atoms with van der Waals surface area (Å²) < 4.78 is 0. The summed E-state index contributed by atoms with van der Waals surface area (Å²) in [6.45, 7) is -0.130. The van der Waals surface area contributed by atoms with Crippen LogP contribution in [0.25, 0.3) is 0 Å². The van der Waals surface area contributed by atoms with Crippen molar-refractivity contribution in [3.63, 3.8) is 0 Å². The molecule has 0 aliphatic heterocycles. The molecule has 0 saturated heterocycles. The van der Waals surface area contributed by atoms with E-state index in [9.17, 15) is 15.2 Å². The molecule has 2 aromatic carbocycles. The second-order valence-corrected chi connectivity index (χ2v) is 5.07. The van der Waals surface area contributed by atoms with Gasteiger partial charge < -0.3 is 10.4 Å². The Kier molecular flexibility index (Phi) is 5.14. The second-order valence-electron chi connectivity index (χ2n) is 4.63. The topological polar surface area (TPSA) is 75.4 Å². The van der Waals surface area contributed by atoms with Crippen LogP contribution in [0.5, 0.6) is 0 Å². The monoisotopic (exact) mass is 306 g/mol. The zero-order valence-corrected chi connectivity index (χ0v) is 12.0. The van der Waals surface area contributed by atoms with E-state index in [-0.39, 0.29) is 18.3 Å². The van der Waals surface area contributed by atoms with Gasteiger partial charge in [-0.2, -0.15) is 0 Å². The van der Waals surface area contributed by atoms with Crippen LogP contribution in [0.1, 0.15) is 5.56 Å². The van der Waals surface area contributed by atoms with Crippen molar-refractivity contribution in [3.05, 3.63) is 69.2 Å². The van der Waals surface area contributed by atoms with Crippen molar-refractivity contribution < 1.29 is 10.0 Å². The number of benzene rings is 2. The lowest BCUT2D eigenvalue weighted by molar-refractivity contribution is -0.384. The van der Waals surface area contributed by atoms with Gasteiger partial charge in [-0.25, -0.2) is 0 Å². The first kappa shape index (κ1) is 15.3. The van der Waals surface area contributed by atoms with Gasteiger partial charge in [0.25, 0.3) is 5.69 Å². The van der Waals surface area contributed by atoms with Crippen molar-refractivity contribution in [1.82, 2.24) is 0 Å². The maximum Gasteiger partial charge on any atom is 0.293 e. The molecule has 1 atom stereocenters. The third kappa shape index (κ3) is 4.18. The highest BCUT2D eigenvalue weighted by Gasteiger charge is 2.17. The molecule has 2 aromatic rings. The zero-order valence-electron chi connectivity index (χ0n) is 11.2. The van der Waals surface area contributed by atoms with Crippen molar-refractivity contribution >= 4 is 23.0 Å². The Balaban J connectivity index is 2.17. The fourth-order valence-corrected chi connectivity index (χ4v) is 2.22. The number of aliphatic hydroxyl groups excluding tert-OH is 1. The summed E-state index contributed by atoms with van der Waals surface area (Å²) in [5.41, 5.74) is 1.29. The molecule has 1 unspecified atom stereocenters. The number of nitro benzene ring substituents is 1. The molecule has 0 aliphatic rings. The lowest BCUT2D eigenvalue weighted by Gasteiger charge is -2.17. The maximum atomic E-state index is 11.0. The molecule has 0 heterocycles. The number of aliphatic hydroxyl groups is 1. The maximum absolute atomic E-state index is 11.0. The van der Waals surface area contributed by atoms with Gasteiger partial charge in [0, 0.05) is 11.1 Å². The number of nitro groups is 1.